The Balaban J connectivity index is 1.97. The molecule has 102 valence electrons. The molecule has 8 heteroatoms. The van der Waals surface area contributed by atoms with Crippen LogP contribution in [-0.2, 0) is 16.0 Å². The van der Waals surface area contributed by atoms with E-state index in [4.69, 9.17) is 4.42 Å². The molecule has 2 aromatic heterocycles. The van der Waals surface area contributed by atoms with Crippen molar-refractivity contribution in [2.24, 2.45) is 0 Å². The largest absolute Gasteiger partial charge is 0.468 e. The lowest BCUT2D eigenvalue weighted by Gasteiger charge is -2.04. The third-order valence-corrected chi connectivity index (χ3v) is 3.99. The van der Waals surface area contributed by atoms with Crippen LogP contribution in [0, 0.1) is 6.92 Å². The molecule has 0 saturated carbocycles. The van der Waals surface area contributed by atoms with Crippen LogP contribution in [0.3, 0.4) is 0 Å². The molecular weight excluding hydrogens is 286 g/mol. The summed E-state index contributed by atoms with van der Waals surface area (Å²) in [7, 11) is 1.35. The molecule has 2 aromatic rings. The first-order valence-electron chi connectivity index (χ1n) is 5.56. The first-order chi connectivity index (χ1) is 9.08. The van der Waals surface area contributed by atoms with Gasteiger partial charge in [0.2, 0.25) is 5.89 Å². The monoisotopic (exact) mass is 299 g/mol. The summed E-state index contributed by atoms with van der Waals surface area (Å²) in [6.07, 6.45) is 0.504. The Bertz CT molecular complexity index is 567. The Morgan fingerprint density at radius 2 is 2.37 bits per heavy atom. The molecule has 6 nitrogen and oxygen atoms in total. The van der Waals surface area contributed by atoms with Crippen molar-refractivity contribution in [2.45, 2.75) is 30.7 Å². The number of nitrogens with zero attached hydrogens (tertiary/aromatic N) is 3. The number of hydrogen-bond donors (Lipinski definition) is 0. The zero-order valence-corrected chi connectivity index (χ0v) is 12.4. The highest BCUT2D eigenvalue weighted by molar-refractivity contribution is 8.00. The Morgan fingerprint density at radius 1 is 1.58 bits per heavy atom. The van der Waals surface area contributed by atoms with E-state index in [1.54, 1.807) is 18.3 Å². The van der Waals surface area contributed by atoms with Crippen LogP contribution in [0.25, 0.3) is 0 Å². The lowest BCUT2D eigenvalue weighted by atomic mass is 10.3. The van der Waals surface area contributed by atoms with Crippen LogP contribution >= 0.6 is 23.1 Å². The van der Waals surface area contributed by atoms with E-state index >= 15 is 0 Å². The van der Waals surface area contributed by atoms with Gasteiger partial charge in [0.1, 0.15) is 5.25 Å². The number of rotatable bonds is 5. The van der Waals surface area contributed by atoms with Crippen LogP contribution in [0.2, 0.25) is 0 Å². The van der Waals surface area contributed by atoms with Crippen molar-refractivity contribution in [3.8, 4) is 0 Å². The normalized spacial score (nSPS) is 12.4. The maximum absolute atomic E-state index is 11.3. The summed E-state index contributed by atoms with van der Waals surface area (Å²) >= 11 is 2.76. The van der Waals surface area contributed by atoms with Gasteiger partial charge in [0.25, 0.3) is 5.22 Å². The average Bonchev–Trinajstić information content (AvgIpc) is 2.98. The molecule has 19 heavy (non-hydrogen) atoms. The topological polar surface area (TPSA) is 78.1 Å². The summed E-state index contributed by atoms with van der Waals surface area (Å²) in [6.45, 7) is 3.67. The molecule has 0 radical (unpaired) electrons. The molecule has 0 amide bonds. The molecule has 0 spiro atoms. The number of methoxy groups -OCH3 is 1. The number of carbonyl (C=O) groups is 1. The summed E-state index contributed by atoms with van der Waals surface area (Å²) in [4.78, 5) is 15.6. The standard InChI is InChI=1S/C11H13N3O3S2/c1-6(10(15)16-3)19-11-14-13-9(17-11)4-8-5-18-7(2)12-8/h5-6H,4H2,1-3H3/t6-/m1/s1. The van der Waals surface area contributed by atoms with Gasteiger partial charge in [-0.2, -0.15) is 0 Å². The van der Waals surface area contributed by atoms with E-state index in [9.17, 15) is 4.79 Å². The lowest BCUT2D eigenvalue weighted by molar-refractivity contribution is -0.139. The second-order valence-corrected chi connectivity index (χ2v) is 6.13. The quantitative estimate of drug-likeness (QED) is 0.617. The second kappa shape index (κ2) is 6.16. The first kappa shape index (κ1) is 14.0. The predicted molar refractivity (Wildman–Crippen MR) is 71.3 cm³/mol. The Labute approximate surface area is 118 Å². The van der Waals surface area contributed by atoms with Gasteiger partial charge in [-0.15, -0.1) is 21.5 Å². The van der Waals surface area contributed by atoms with Gasteiger partial charge in [-0.1, -0.05) is 11.8 Å². The fourth-order valence-electron chi connectivity index (χ4n) is 1.37. The van der Waals surface area contributed by atoms with Gasteiger partial charge in [-0.25, -0.2) is 4.98 Å². The number of aryl methyl sites for hydroxylation is 1. The van der Waals surface area contributed by atoms with Gasteiger partial charge in [0.05, 0.1) is 24.2 Å². The Kier molecular flexibility index (Phi) is 4.54. The van der Waals surface area contributed by atoms with E-state index in [-0.39, 0.29) is 11.2 Å². The van der Waals surface area contributed by atoms with E-state index in [2.05, 4.69) is 19.9 Å². The van der Waals surface area contributed by atoms with Crippen molar-refractivity contribution >= 4 is 29.1 Å². The summed E-state index contributed by atoms with van der Waals surface area (Å²) in [5.74, 6) is 0.171. The highest BCUT2D eigenvalue weighted by Crippen LogP contribution is 2.23. The van der Waals surface area contributed by atoms with Gasteiger partial charge >= 0.3 is 5.97 Å². The zero-order valence-electron chi connectivity index (χ0n) is 10.7. The van der Waals surface area contributed by atoms with Gasteiger partial charge in [0.15, 0.2) is 0 Å². The third kappa shape index (κ3) is 3.77. The van der Waals surface area contributed by atoms with Gasteiger partial charge in [-0.3, -0.25) is 4.79 Å². The maximum Gasteiger partial charge on any atom is 0.319 e. The minimum absolute atomic E-state index is 0.320. The molecule has 2 heterocycles. The highest BCUT2D eigenvalue weighted by Gasteiger charge is 2.18. The maximum atomic E-state index is 11.3. The molecule has 0 N–H and O–H groups in total. The number of esters is 1. The van der Waals surface area contributed by atoms with Crippen molar-refractivity contribution < 1.29 is 13.9 Å². The molecule has 0 fully saturated rings. The summed E-state index contributed by atoms with van der Waals surface area (Å²) in [5, 5.41) is 10.8. The molecule has 0 aliphatic heterocycles. The lowest BCUT2D eigenvalue weighted by Crippen LogP contribution is -2.14. The number of hydrogen-bond acceptors (Lipinski definition) is 8. The van der Waals surface area contributed by atoms with Crippen LogP contribution < -0.4 is 0 Å². The van der Waals surface area contributed by atoms with Crippen LogP contribution in [0.4, 0.5) is 0 Å². The van der Waals surface area contributed by atoms with Gasteiger partial charge in [-0.05, 0) is 13.8 Å². The fraction of sp³-hybridized carbons (Fsp3) is 0.455. The molecule has 0 aliphatic rings. The minimum atomic E-state index is -0.375. The molecule has 0 aromatic carbocycles. The molecular formula is C11H13N3O3S2. The van der Waals surface area contributed by atoms with Crippen LogP contribution in [0.15, 0.2) is 15.0 Å². The van der Waals surface area contributed by atoms with Crippen molar-refractivity contribution in [3.05, 3.63) is 22.0 Å². The van der Waals surface area contributed by atoms with Crippen LogP contribution in [-0.4, -0.2) is 33.5 Å². The smallest absolute Gasteiger partial charge is 0.319 e. The van der Waals surface area contributed by atoms with Crippen LogP contribution in [0.1, 0.15) is 23.5 Å². The molecule has 0 saturated heterocycles. The number of carbonyl (C=O) groups excluding carboxylic acids is 1. The average molecular weight is 299 g/mol. The summed E-state index contributed by atoms with van der Waals surface area (Å²) in [6, 6.07) is 0. The van der Waals surface area contributed by atoms with E-state index in [0.29, 0.717) is 17.5 Å². The number of thiazole rings is 1. The van der Waals surface area contributed by atoms with E-state index < -0.39 is 0 Å². The SMILES string of the molecule is COC(=O)[C@@H](C)Sc1nnc(Cc2csc(C)n2)o1. The van der Waals surface area contributed by atoms with Crippen molar-refractivity contribution in [1.82, 2.24) is 15.2 Å². The minimum Gasteiger partial charge on any atom is -0.468 e. The van der Waals surface area contributed by atoms with E-state index in [1.165, 1.54) is 18.9 Å². The molecule has 0 bridgehead atoms. The van der Waals surface area contributed by atoms with Crippen molar-refractivity contribution in [3.63, 3.8) is 0 Å². The molecule has 0 aliphatic carbocycles. The Hall–Kier alpha value is -1.41. The van der Waals surface area contributed by atoms with E-state index in [1.807, 2.05) is 12.3 Å². The predicted octanol–water partition coefficient (Wildman–Crippen LogP) is 2.08. The highest BCUT2D eigenvalue weighted by atomic mass is 32.2. The number of ether oxygens (including phenoxy) is 1. The summed E-state index contributed by atoms with van der Waals surface area (Å²) < 4.78 is 10.1. The van der Waals surface area contributed by atoms with Crippen LogP contribution in [0.5, 0.6) is 0 Å². The molecule has 1 atom stereocenters. The number of aromatic nitrogens is 3. The van der Waals surface area contributed by atoms with E-state index in [0.717, 1.165) is 10.7 Å². The zero-order chi connectivity index (χ0) is 13.8. The first-order valence-corrected chi connectivity index (χ1v) is 7.32. The second-order valence-electron chi connectivity index (χ2n) is 3.78. The van der Waals surface area contributed by atoms with Crippen molar-refractivity contribution in [1.29, 1.82) is 0 Å². The third-order valence-electron chi connectivity index (χ3n) is 2.26. The Morgan fingerprint density at radius 3 is 3.00 bits per heavy atom. The summed E-state index contributed by atoms with van der Waals surface area (Å²) in [5.41, 5.74) is 0.906. The number of thioether (sulfide) groups is 1. The van der Waals surface area contributed by atoms with Gasteiger partial charge in [0, 0.05) is 5.38 Å². The van der Waals surface area contributed by atoms with Gasteiger partial charge < -0.3 is 9.15 Å². The fourth-order valence-corrected chi connectivity index (χ4v) is 2.71. The molecule has 0 unspecified atom stereocenters. The molecule has 2 rings (SSSR count). The van der Waals surface area contributed by atoms with Crippen molar-refractivity contribution in [2.75, 3.05) is 7.11 Å².